The third-order valence-electron chi connectivity index (χ3n) is 4.03. The number of carbonyl (C=O) groups excluding carboxylic acids is 1. The van der Waals surface area contributed by atoms with Crippen LogP contribution in [0.5, 0.6) is 0 Å². The molecule has 8 heteroatoms. The number of nitrogens with one attached hydrogen (secondary N) is 1. The number of likely N-dealkylation sites (tertiary alicyclic amines) is 1. The van der Waals surface area contributed by atoms with E-state index < -0.39 is 29.7 Å². The Hall–Kier alpha value is -1.83. The van der Waals surface area contributed by atoms with E-state index in [1.54, 1.807) is 6.92 Å². The molecule has 1 aliphatic rings. The Balaban J connectivity index is 2.01. The van der Waals surface area contributed by atoms with Crippen LogP contribution in [0, 0.1) is 11.7 Å². The first kappa shape index (κ1) is 17.5. The van der Waals surface area contributed by atoms with Crippen LogP contribution in [-0.2, 0) is 6.18 Å². The minimum atomic E-state index is -4.82. The monoisotopic (exact) mass is 334 g/mol. The molecular formula is C15H18F4N2O2. The molecule has 1 unspecified atom stereocenters. The molecule has 2 N–H and O–H groups in total. The Bertz CT molecular complexity index is 567. The highest BCUT2D eigenvalue weighted by Gasteiger charge is 2.34. The maximum atomic E-state index is 13.2. The first-order valence-corrected chi connectivity index (χ1v) is 7.29. The summed E-state index contributed by atoms with van der Waals surface area (Å²) in [4.78, 5) is 13.5. The van der Waals surface area contributed by atoms with E-state index in [1.165, 1.54) is 4.90 Å². The number of aliphatic hydroxyl groups excluding tert-OH is 1. The number of carbonyl (C=O) groups is 1. The largest absolute Gasteiger partial charge is 0.419 e. The van der Waals surface area contributed by atoms with Crippen molar-refractivity contribution in [1.29, 1.82) is 0 Å². The van der Waals surface area contributed by atoms with Crippen LogP contribution in [0.25, 0.3) is 0 Å². The number of benzene rings is 1. The van der Waals surface area contributed by atoms with E-state index in [0.717, 1.165) is 6.07 Å². The van der Waals surface area contributed by atoms with Gasteiger partial charge in [0.05, 0.1) is 11.7 Å². The lowest BCUT2D eigenvalue weighted by Crippen LogP contribution is -2.42. The summed E-state index contributed by atoms with van der Waals surface area (Å²) < 4.78 is 51.2. The number of halogens is 4. The van der Waals surface area contributed by atoms with Gasteiger partial charge in [-0.25, -0.2) is 9.18 Å². The number of rotatable bonds is 2. The van der Waals surface area contributed by atoms with Crippen molar-refractivity contribution in [2.24, 2.45) is 5.92 Å². The van der Waals surface area contributed by atoms with Gasteiger partial charge >= 0.3 is 12.2 Å². The number of hydrogen-bond donors (Lipinski definition) is 2. The summed E-state index contributed by atoms with van der Waals surface area (Å²) in [5.74, 6) is -1.27. The van der Waals surface area contributed by atoms with Crippen molar-refractivity contribution in [2.75, 3.05) is 18.4 Å². The molecule has 128 valence electrons. The summed E-state index contributed by atoms with van der Waals surface area (Å²) in [6.45, 7) is 2.51. The van der Waals surface area contributed by atoms with Crippen LogP contribution >= 0.6 is 0 Å². The number of piperidine rings is 1. The molecule has 0 bridgehead atoms. The van der Waals surface area contributed by atoms with Crippen molar-refractivity contribution < 1.29 is 27.5 Å². The van der Waals surface area contributed by atoms with E-state index in [0.29, 0.717) is 38.1 Å². The molecule has 23 heavy (non-hydrogen) atoms. The molecule has 4 nitrogen and oxygen atoms in total. The second kappa shape index (κ2) is 6.74. The molecular weight excluding hydrogens is 316 g/mol. The van der Waals surface area contributed by atoms with Gasteiger partial charge in [0.25, 0.3) is 0 Å². The van der Waals surface area contributed by atoms with Gasteiger partial charge in [-0.1, -0.05) is 0 Å². The van der Waals surface area contributed by atoms with Gasteiger partial charge in [-0.3, -0.25) is 0 Å². The minimum absolute atomic E-state index is 0.110. The highest BCUT2D eigenvalue weighted by Crippen LogP contribution is 2.33. The molecule has 1 fully saturated rings. The molecule has 1 saturated heterocycles. The number of anilines is 1. The molecule has 1 aromatic carbocycles. The van der Waals surface area contributed by atoms with E-state index in [2.05, 4.69) is 5.32 Å². The van der Waals surface area contributed by atoms with E-state index >= 15 is 0 Å². The van der Waals surface area contributed by atoms with Crippen molar-refractivity contribution in [2.45, 2.75) is 32.0 Å². The van der Waals surface area contributed by atoms with E-state index in [9.17, 15) is 27.5 Å². The highest BCUT2D eigenvalue weighted by molar-refractivity contribution is 5.89. The Morgan fingerprint density at radius 3 is 2.48 bits per heavy atom. The first-order chi connectivity index (χ1) is 10.7. The quantitative estimate of drug-likeness (QED) is 0.814. The van der Waals surface area contributed by atoms with Crippen LogP contribution in [0.4, 0.5) is 28.0 Å². The van der Waals surface area contributed by atoms with Crippen LogP contribution in [-0.4, -0.2) is 35.2 Å². The van der Waals surface area contributed by atoms with Crippen molar-refractivity contribution in [1.82, 2.24) is 4.90 Å². The highest BCUT2D eigenvalue weighted by atomic mass is 19.4. The zero-order valence-corrected chi connectivity index (χ0v) is 12.5. The van der Waals surface area contributed by atoms with Gasteiger partial charge < -0.3 is 15.3 Å². The van der Waals surface area contributed by atoms with Gasteiger partial charge in [0.2, 0.25) is 0 Å². The standard InChI is InChI=1S/C15H18F4N2O2/c1-9(22)10-4-6-21(7-5-10)14(23)20-11-2-3-13(16)12(8-11)15(17,18)19/h2-3,8-10,22H,4-7H2,1H3,(H,20,23). The van der Waals surface area contributed by atoms with Crippen LogP contribution in [0.2, 0.25) is 0 Å². The van der Waals surface area contributed by atoms with Crippen molar-refractivity contribution in [3.8, 4) is 0 Å². The number of hydrogen-bond acceptors (Lipinski definition) is 2. The van der Waals surface area contributed by atoms with Gasteiger partial charge in [-0.05, 0) is 43.9 Å². The number of amides is 2. The predicted molar refractivity (Wildman–Crippen MR) is 76.4 cm³/mol. The third kappa shape index (κ3) is 4.34. The fraction of sp³-hybridized carbons (Fsp3) is 0.533. The maximum absolute atomic E-state index is 13.2. The second-order valence-corrected chi connectivity index (χ2v) is 5.69. The Morgan fingerprint density at radius 2 is 1.96 bits per heavy atom. The molecule has 1 atom stereocenters. The molecule has 0 radical (unpaired) electrons. The summed E-state index contributed by atoms with van der Waals surface area (Å²) in [7, 11) is 0. The molecule has 0 aromatic heterocycles. The van der Waals surface area contributed by atoms with Gasteiger partial charge in [0.15, 0.2) is 0 Å². The molecule has 2 rings (SSSR count). The topological polar surface area (TPSA) is 52.6 Å². The Kier molecular flexibility index (Phi) is 5.13. The van der Waals surface area contributed by atoms with Gasteiger partial charge in [0, 0.05) is 18.8 Å². The number of aliphatic hydroxyl groups is 1. The normalized spacial score (nSPS) is 17.9. The van der Waals surface area contributed by atoms with E-state index in [4.69, 9.17) is 0 Å². The maximum Gasteiger partial charge on any atom is 0.419 e. The minimum Gasteiger partial charge on any atom is -0.393 e. The SMILES string of the molecule is CC(O)C1CCN(C(=O)Nc2ccc(F)c(C(F)(F)F)c2)CC1. The number of nitrogens with zero attached hydrogens (tertiary/aromatic N) is 1. The average Bonchev–Trinajstić information content (AvgIpc) is 2.48. The van der Waals surface area contributed by atoms with Crippen LogP contribution in [0.15, 0.2) is 18.2 Å². The van der Waals surface area contributed by atoms with Crippen LogP contribution in [0.3, 0.4) is 0 Å². The molecule has 1 aromatic rings. The van der Waals surface area contributed by atoms with Crippen molar-refractivity contribution in [3.63, 3.8) is 0 Å². The average molecular weight is 334 g/mol. The fourth-order valence-corrected chi connectivity index (χ4v) is 2.61. The third-order valence-corrected chi connectivity index (χ3v) is 4.03. The van der Waals surface area contributed by atoms with Crippen LogP contribution in [0.1, 0.15) is 25.3 Å². The fourth-order valence-electron chi connectivity index (χ4n) is 2.61. The predicted octanol–water partition coefficient (Wildman–Crippen LogP) is 3.47. The summed E-state index contributed by atoms with van der Waals surface area (Å²) in [6.07, 6.45) is -4.02. The Labute approximate surface area is 131 Å². The summed E-state index contributed by atoms with van der Waals surface area (Å²) in [5, 5.41) is 11.9. The summed E-state index contributed by atoms with van der Waals surface area (Å²) >= 11 is 0. The lowest BCUT2D eigenvalue weighted by atomic mass is 9.92. The van der Waals surface area contributed by atoms with Gasteiger partial charge in [-0.15, -0.1) is 0 Å². The van der Waals surface area contributed by atoms with E-state index in [1.807, 2.05) is 0 Å². The molecule has 2 amide bonds. The number of urea groups is 1. The lowest BCUT2D eigenvalue weighted by Gasteiger charge is -2.33. The number of alkyl halides is 3. The molecule has 0 spiro atoms. The molecule has 0 aliphatic carbocycles. The lowest BCUT2D eigenvalue weighted by molar-refractivity contribution is -0.139. The summed E-state index contributed by atoms with van der Waals surface area (Å²) in [6, 6.07) is 1.81. The van der Waals surface area contributed by atoms with Gasteiger partial charge in [0.1, 0.15) is 5.82 Å². The molecule has 0 saturated carbocycles. The van der Waals surface area contributed by atoms with Crippen molar-refractivity contribution in [3.05, 3.63) is 29.6 Å². The molecule has 1 aliphatic heterocycles. The zero-order valence-electron chi connectivity index (χ0n) is 12.5. The van der Waals surface area contributed by atoms with Gasteiger partial charge in [-0.2, -0.15) is 13.2 Å². The smallest absolute Gasteiger partial charge is 0.393 e. The van der Waals surface area contributed by atoms with E-state index in [-0.39, 0.29) is 11.6 Å². The first-order valence-electron chi connectivity index (χ1n) is 7.29. The summed E-state index contributed by atoms with van der Waals surface area (Å²) in [5.41, 5.74) is -1.52. The molecule has 1 heterocycles. The van der Waals surface area contributed by atoms with Crippen LogP contribution < -0.4 is 5.32 Å². The Morgan fingerprint density at radius 1 is 1.35 bits per heavy atom. The second-order valence-electron chi connectivity index (χ2n) is 5.69. The zero-order chi connectivity index (χ0) is 17.2. The van der Waals surface area contributed by atoms with Crippen molar-refractivity contribution >= 4 is 11.7 Å².